The maximum atomic E-state index is 9.57. The van der Waals surface area contributed by atoms with Crippen molar-refractivity contribution in [3.63, 3.8) is 0 Å². The van der Waals surface area contributed by atoms with Crippen LogP contribution in [0.4, 0.5) is 0 Å². The van der Waals surface area contributed by atoms with Gasteiger partial charge in [0.05, 0.1) is 35.2 Å². The molecule has 0 radical (unpaired) electrons. The molecule has 5 rings (SSSR count). The number of rotatable bonds is 4. The standard InChI is InChI=1S/C23H23N5O/c1-14-4-2-7-22(26-14)28-21-12-15(8-9-16(21)13-25-28)19-5-3-6-20(27-19)23(24)17-10-18(29)11-17/h2-9,12-13,17-18,23,29H,10-11,24H2,1H3/t17?,18?,23-/m1/s1. The third-order valence-corrected chi connectivity index (χ3v) is 5.73. The summed E-state index contributed by atoms with van der Waals surface area (Å²) in [5, 5.41) is 15.2. The molecule has 1 aromatic carbocycles. The summed E-state index contributed by atoms with van der Waals surface area (Å²) in [5.41, 5.74) is 11.1. The molecular weight excluding hydrogens is 362 g/mol. The highest BCUT2D eigenvalue weighted by Crippen LogP contribution is 2.36. The zero-order valence-electron chi connectivity index (χ0n) is 16.2. The molecule has 3 aromatic heterocycles. The number of fused-ring (bicyclic) bond motifs is 1. The van der Waals surface area contributed by atoms with Gasteiger partial charge in [0.1, 0.15) is 0 Å². The lowest BCUT2D eigenvalue weighted by Gasteiger charge is -2.35. The maximum Gasteiger partial charge on any atom is 0.154 e. The number of hydrogen-bond donors (Lipinski definition) is 2. The summed E-state index contributed by atoms with van der Waals surface area (Å²) >= 11 is 0. The second-order valence-electron chi connectivity index (χ2n) is 7.83. The van der Waals surface area contributed by atoms with E-state index in [1.807, 2.05) is 54.2 Å². The van der Waals surface area contributed by atoms with Gasteiger partial charge in [-0.15, -0.1) is 0 Å². The predicted molar refractivity (Wildman–Crippen MR) is 112 cm³/mol. The molecule has 1 saturated carbocycles. The molecule has 3 heterocycles. The molecule has 6 heteroatoms. The van der Waals surface area contributed by atoms with Crippen LogP contribution in [-0.4, -0.2) is 31.0 Å². The van der Waals surface area contributed by atoms with Gasteiger partial charge in [-0.05, 0) is 56.0 Å². The minimum Gasteiger partial charge on any atom is -0.393 e. The van der Waals surface area contributed by atoms with Crippen molar-refractivity contribution in [3.8, 4) is 17.1 Å². The lowest BCUT2D eigenvalue weighted by Crippen LogP contribution is -2.36. The highest BCUT2D eigenvalue weighted by Gasteiger charge is 2.33. The number of nitrogens with zero attached hydrogens (tertiary/aromatic N) is 4. The van der Waals surface area contributed by atoms with Crippen molar-refractivity contribution in [3.05, 3.63) is 72.2 Å². The lowest BCUT2D eigenvalue weighted by atomic mass is 9.76. The Morgan fingerprint density at radius 1 is 1.07 bits per heavy atom. The summed E-state index contributed by atoms with van der Waals surface area (Å²) in [4.78, 5) is 9.42. The van der Waals surface area contributed by atoms with Gasteiger partial charge in [-0.2, -0.15) is 5.10 Å². The van der Waals surface area contributed by atoms with Crippen LogP contribution in [0.1, 0.15) is 30.3 Å². The van der Waals surface area contributed by atoms with Crippen LogP contribution >= 0.6 is 0 Å². The normalized spacial score (nSPS) is 19.8. The van der Waals surface area contributed by atoms with E-state index in [1.54, 1.807) is 0 Å². The zero-order chi connectivity index (χ0) is 20.0. The van der Waals surface area contributed by atoms with E-state index in [1.165, 1.54) is 0 Å². The van der Waals surface area contributed by atoms with Crippen LogP contribution in [0.2, 0.25) is 0 Å². The van der Waals surface area contributed by atoms with Gasteiger partial charge in [0.25, 0.3) is 0 Å². The van der Waals surface area contributed by atoms with E-state index in [0.29, 0.717) is 5.92 Å². The van der Waals surface area contributed by atoms with Gasteiger partial charge >= 0.3 is 0 Å². The second kappa shape index (κ2) is 7.06. The fourth-order valence-electron chi connectivity index (χ4n) is 3.97. The van der Waals surface area contributed by atoms with Crippen molar-refractivity contribution in [1.82, 2.24) is 19.7 Å². The van der Waals surface area contributed by atoms with E-state index in [4.69, 9.17) is 10.7 Å². The van der Waals surface area contributed by atoms with Crippen LogP contribution in [-0.2, 0) is 0 Å². The number of aromatic nitrogens is 4. The summed E-state index contributed by atoms with van der Waals surface area (Å²) in [6, 6.07) is 17.9. The first-order valence-electron chi connectivity index (χ1n) is 9.91. The van der Waals surface area contributed by atoms with E-state index < -0.39 is 0 Å². The molecule has 1 atom stereocenters. The highest BCUT2D eigenvalue weighted by molar-refractivity contribution is 5.84. The topological polar surface area (TPSA) is 89.9 Å². The number of aryl methyl sites for hydroxylation is 1. The van der Waals surface area contributed by atoms with Crippen LogP contribution < -0.4 is 5.73 Å². The number of aliphatic hydroxyl groups is 1. The molecule has 3 N–H and O–H groups in total. The van der Waals surface area contributed by atoms with Gasteiger partial charge in [0, 0.05) is 16.6 Å². The first-order chi connectivity index (χ1) is 14.1. The van der Waals surface area contributed by atoms with Crippen molar-refractivity contribution in [2.24, 2.45) is 11.7 Å². The van der Waals surface area contributed by atoms with Crippen molar-refractivity contribution in [2.45, 2.75) is 31.9 Å². The van der Waals surface area contributed by atoms with Gasteiger partial charge < -0.3 is 10.8 Å². The Balaban J connectivity index is 1.52. The third-order valence-electron chi connectivity index (χ3n) is 5.73. The Labute approximate surface area is 169 Å². The smallest absolute Gasteiger partial charge is 0.154 e. The van der Waals surface area contributed by atoms with Crippen LogP contribution in [0.25, 0.3) is 28.0 Å². The molecule has 0 bridgehead atoms. The Morgan fingerprint density at radius 3 is 2.69 bits per heavy atom. The summed E-state index contributed by atoms with van der Waals surface area (Å²) in [7, 11) is 0. The molecule has 146 valence electrons. The molecule has 4 aromatic rings. The molecule has 0 spiro atoms. The minimum atomic E-state index is -0.216. The van der Waals surface area contributed by atoms with Crippen molar-refractivity contribution < 1.29 is 5.11 Å². The minimum absolute atomic E-state index is 0.149. The predicted octanol–water partition coefficient (Wildman–Crippen LogP) is 3.56. The highest BCUT2D eigenvalue weighted by atomic mass is 16.3. The second-order valence-corrected chi connectivity index (χ2v) is 7.83. The van der Waals surface area contributed by atoms with E-state index in [0.717, 1.165) is 52.2 Å². The van der Waals surface area contributed by atoms with Gasteiger partial charge in [-0.25, -0.2) is 9.67 Å². The average Bonchev–Trinajstić information content (AvgIpc) is 3.14. The number of pyridine rings is 2. The quantitative estimate of drug-likeness (QED) is 0.561. The zero-order valence-corrected chi connectivity index (χ0v) is 16.2. The van der Waals surface area contributed by atoms with E-state index in [9.17, 15) is 5.11 Å². The monoisotopic (exact) mass is 385 g/mol. The number of nitrogens with two attached hydrogens (primary N) is 1. The summed E-state index contributed by atoms with van der Waals surface area (Å²) in [6.45, 7) is 1.97. The molecule has 29 heavy (non-hydrogen) atoms. The fraction of sp³-hybridized carbons (Fsp3) is 0.261. The Morgan fingerprint density at radius 2 is 1.90 bits per heavy atom. The average molecular weight is 385 g/mol. The summed E-state index contributed by atoms with van der Waals surface area (Å²) < 4.78 is 1.86. The number of benzene rings is 1. The van der Waals surface area contributed by atoms with Crippen LogP contribution in [0.15, 0.2) is 60.8 Å². The molecule has 0 amide bonds. The Hall–Kier alpha value is -3.09. The van der Waals surface area contributed by atoms with Crippen molar-refractivity contribution in [2.75, 3.05) is 0 Å². The Bertz CT molecular complexity index is 1180. The molecule has 0 aliphatic heterocycles. The Kier molecular flexibility index (Phi) is 4.38. The summed E-state index contributed by atoms with van der Waals surface area (Å²) in [5.74, 6) is 1.09. The third kappa shape index (κ3) is 3.30. The van der Waals surface area contributed by atoms with Crippen LogP contribution in [0.5, 0.6) is 0 Å². The van der Waals surface area contributed by atoms with Gasteiger partial charge in [-0.1, -0.05) is 24.3 Å². The van der Waals surface area contributed by atoms with Gasteiger partial charge in [-0.3, -0.25) is 4.98 Å². The van der Waals surface area contributed by atoms with Gasteiger partial charge in [0.15, 0.2) is 5.82 Å². The van der Waals surface area contributed by atoms with Crippen molar-refractivity contribution >= 4 is 10.9 Å². The first kappa shape index (κ1) is 18.0. The van der Waals surface area contributed by atoms with E-state index >= 15 is 0 Å². The largest absolute Gasteiger partial charge is 0.393 e. The molecule has 0 unspecified atom stereocenters. The first-order valence-corrected chi connectivity index (χ1v) is 9.91. The molecule has 0 saturated heterocycles. The van der Waals surface area contributed by atoms with Crippen molar-refractivity contribution in [1.29, 1.82) is 0 Å². The summed E-state index contributed by atoms with van der Waals surface area (Å²) in [6.07, 6.45) is 3.14. The molecule has 1 aliphatic carbocycles. The van der Waals surface area contributed by atoms with E-state index in [2.05, 4.69) is 28.3 Å². The molecule has 1 aliphatic rings. The molecule has 6 nitrogen and oxygen atoms in total. The van der Waals surface area contributed by atoms with Crippen LogP contribution in [0, 0.1) is 12.8 Å². The molecular formula is C23H23N5O. The van der Waals surface area contributed by atoms with Crippen LogP contribution in [0.3, 0.4) is 0 Å². The lowest BCUT2D eigenvalue weighted by molar-refractivity contribution is 0.0302. The maximum absolute atomic E-state index is 9.57. The van der Waals surface area contributed by atoms with Gasteiger partial charge in [0.2, 0.25) is 0 Å². The SMILES string of the molecule is Cc1cccc(-n2ncc3ccc(-c4cccc([C@H](N)C5CC(O)C5)n4)cc32)n1. The number of aliphatic hydroxyl groups excluding tert-OH is 1. The van der Waals surface area contributed by atoms with E-state index in [-0.39, 0.29) is 12.1 Å². The molecule has 1 fully saturated rings. The number of hydrogen-bond acceptors (Lipinski definition) is 5. The fourth-order valence-corrected chi connectivity index (χ4v) is 3.97.